The second-order valence-electron chi connectivity index (χ2n) is 5.11. The van der Waals surface area contributed by atoms with Gasteiger partial charge in [0.15, 0.2) is 0 Å². The molecular formula is C14H22ClN3O. The Kier molecular flexibility index (Phi) is 5.79. The number of rotatable bonds is 4. The fourth-order valence-electron chi connectivity index (χ4n) is 2.71. The van der Waals surface area contributed by atoms with Gasteiger partial charge in [-0.05, 0) is 25.2 Å². The molecule has 3 N–H and O–H groups in total. The first-order valence-electron chi connectivity index (χ1n) is 6.33. The zero-order valence-electron chi connectivity index (χ0n) is 11.4. The number of hydrogen-bond donors (Lipinski definition) is 2. The van der Waals surface area contributed by atoms with E-state index >= 15 is 0 Å². The first kappa shape index (κ1) is 16.0. The molecule has 106 valence electrons. The Bertz CT molecular complexity index is 421. The number of primary amides is 1. The molecule has 0 bridgehead atoms. The van der Waals surface area contributed by atoms with Crippen LogP contribution in [-0.4, -0.2) is 38.0 Å². The smallest absolute Gasteiger partial charge is 0.222 e. The van der Waals surface area contributed by atoms with E-state index in [-0.39, 0.29) is 30.2 Å². The molecule has 1 amide bonds. The third-order valence-electron chi connectivity index (χ3n) is 3.66. The number of amides is 1. The van der Waals surface area contributed by atoms with E-state index in [0.717, 1.165) is 19.6 Å². The molecule has 1 aromatic carbocycles. The van der Waals surface area contributed by atoms with Crippen LogP contribution in [0.25, 0.3) is 0 Å². The third-order valence-corrected chi connectivity index (χ3v) is 3.66. The minimum Gasteiger partial charge on any atom is -0.369 e. The van der Waals surface area contributed by atoms with E-state index in [1.54, 1.807) is 0 Å². The van der Waals surface area contributed by atoms with Crippen molar-refractivity contribution in [1.29, 1.82) is 0 Å². The minimum atomic E-state index is -0.191. The Morgan fingerprint density at radius 2 is 2.00 bits per heavy atom. The Labute approximate surface area is 120 Å². The van der Waals surface area contributed by atoms with Gasteiger partial charge in [0.2, 0.25) is 5.91 Å². The summed E-state index contributed by atoms with van der Waals surface area (Å²) in [6.45, 7) is 2.53. The summed E-state index contributed by atoms with van der Waals surface area (Å²) in [6.07, 6.45) is 0. The van der Waals surface area contributed by atoms with E-state index in [9.17, 15) is 4.79 Å². The molecule has 0 saturated carbocycles. The number of benzene rings is 1. The zero-order valence-corrected chi connectivity index (χ0v) is 12.2. The number of likely N-dealkylation sites (tertiary alicyclic amines) is 1. The van der Waals surface area contributed by atoms with E-state index in [1.165, 1.54) is 11.1 Å². The van der Waals surface area contributed by atoms with Crippen LogP contribution in [0.1, 0.15) is 17.0 Å². The predicted octanol–water partition coefficient (Wildman–Crippen LogP) is 0.958. The maximum atomic E-state index is 11.5. The monoisotopic (exact) mass is 283 g/mol. The summed E-state index contributed by atoms with van der Waals surface area (Å²) >= 11 is 0. The second-order valence-corrected chi connectivity index (χ2v) is 5.11. The summed E-state index contributed by atoms with van der Waals surface area (Å²) in [7, 11) is 3.97. The number of carbonyl (C=O) groups is 1. The number of likely N-dealkylation sites (N-methyl/N-ethyl adjacent to an activating group) is 1. The highest BCUT2D eigenvalue weighted by atomic mass is 35.5. The van der Waals surface area contributed by atoms with Crippen molar-refractivity contribution >= 4 is 18.3 Å². The first-order chi connectivity index (χ1) is 8.61. The van der Waals surface area contributed by atoms with Gasteiger partial charge < -0.3 is 16.0 Å². The molecule has 1 saturated heterocycles. The molecule has 4 nitrogen and oxygen atoms in total. The molecule has 0 aromatic heterocycles. The van der Waals surface area contributed by atoms with Crippen molar-refractivity contribution in [3.8, 4) is 0 Å². The van der Waals surface area contributed by atoms with Crippen LogP contribution in [0.5, 0.6) is 0 Å². The number of nitrogens with two attached hydrogens (primary N) is 1. The number of halogens is 1. The van der Waals surface area contributed by atoms with Gasteiger partial charge in [-0.15, -0.1) is 12.4 Å². The van der Waals surface area contributed by atoms with Crippen molar-refractivity contribution in [2.45, 2.75) is 12.5 Å². The molecule has 0 aliphatic carbocycles. The number of hydrogen-bond acceptors (Lipinski definition) is 3. The summed E-state index contributed by atoms with van der Waals surface area (Å²) in [5.41, 5.74) is 7.95. The van der Waals surface area contributed by atoms with Crippen LogP contribution < -0.4 is 11.1 Å². The number of carbonyl (C=O) groups excluding carboxylic acids is 1. The zero-order chi connectivity index (χ0) is 13.1. The highest BCUT2D eigenvalue weighted by molar-refractivity contribution is 5.85. The Balaban J connectivity index is 0.00000180. The van der Waals surface area contributed by atoms with E-state index in [4.69, 9.17) is 5.73 Å². The van der Waals surface area contributed by atoms with E-state index in [2.05, 4.69) is 34.5 Å². The largest absolute Gasteiger partial charge is 0.369 e. The molecule has 0 unspecified atom stereocenters. The van der Waals surface area contributed by atoms with Crippen molar-refractivity contribution in [3.05, 3.63) is 35.4 Å². The van der Waals surface area contributed by atoms with Gasteiger partial charge in [0.25, 0.3) is 0 Å². The molecule has 1 aliphatic rings. The van der Waals surface area contributed by atoms with Crippen LogP contribution in [0, 0.1) is 5.92 Å². The van der Waals surface area contributed by atoms with Gasteiger partial charge in [0, 0.05) is 25.6 Å². The average Bonchev–Trinajstić information content (AvgIpc) is 2.73. The first-order valence-corrected chi connectivity index (χ1v) is 6.33. The van der Waals surface area contributed by atoms with E-state index < -0.39 is 0 Å². The molecule has 2 atom stereocenters. The lowest BCUT2D eigenvalue weighted by molar-refractivity contribution is -0.121. The average molecular weight is 284 g/mol. The van der Waals surface area contributed by atoms with Crippen molar-refractivity contribution in [3.63, 3.8) is 0 Å². The lowest BCUT2D eigenvalue weighted by Crippen LogP contribution is -2.28. The Morgan fingerprint density at radius 3 is 2.53 bits per heavy atom. The van der Waals surface area contributed by atoms with E-state index in [1.807, 2.05) is 14.1 Å². The summed E-state index contributed by atoms with van der Waals surface area (Å²) < 4.78 is 0. The molecule has 5 heteroatoms. The second kappa shape index (κ2) is 6.89. The highest BCUT2D eigenvalue weighted by Crippen LogP contribution is 2.31. The summed E-state index contributed by atoms with van der Waals surface area (Å²) in [6, 6.07) is 8.46. The molecule has 1 fully saturated rings. The standard InChI is InChI=1S/C14H21N3O.ClH/c1-16-7-10-3-5-11(6-4-10)12-8-17(2)9-13(12)14(15)18;/h3-6,12-13,16H,7-9H2,1-2H3,(H2,15,18);1H/t12-,13+;/m1./s1. The molecule has 1 aromatic rings. The molecule has 19 heavy (non-hydrogen) atoms. The van der Waals surface area contributed by atoms with Gasteiger partial charge in [-0.3, -0.25) is 4.79 Å². The quantitative estimate of drug-likeness (QED) is 0.865. The maximum Gasteiger partial charge on any atom is 0.222 e. The predicted molar refractivity (Wildman–Crippen MR) is 79.4 cm³/mol. The van der Waals surface area contributed by atoms with Crippen LogP contribution in [0.3, 0.4) is 0 Å². The van der Waals surface area contributed by atoms with Crippen LogP contribution in [0.2, 0.25) is 0 Å². The lowest BCUT2D eigenvalue weighted by Gasteiger charge is -2.16. The molecule has 2 rings (SSSR count). The van der Waals surface area contributed by atoms with Gasteiger partial charge >= 0.3 is 0 Å². The van der Waals surface area contributed by atoms with Crippen molar-refractivity contribution in [1.82, 2.24) is 10.2 Å². The normalized spacial score (nSPS) is 23.1. The molecule has 0 radical (unpaired) electrons. The van der Waals surface area contributed by atoms with Crippen LogP contribution in [-0.2, 0) is 11.3 Å². The van der Waals surface area contributed by atoms with Crippen molar-refractivity contribution in [2.24, 2.45) is 11.7 Å². The van der Waals surface area contributed by atoms with Gasteiger partial charge in [-0.25, -0.2) is 0 Å². The summed E-state index contributed by atoms with van der Waals surface area (Å²) in [5, 5.41) is 3.12. The lowest BCUT2D eigenvalue weighted by atomic mass is 9.88. The van der Waals surface area contributed by atoms with Crippen molar-refractivity contribution in [2.75, 3.05) is 27.2 Å². The summed E-state index contributed by atoms with van der Waals surface area (Å²) in [4.78, 5) is 13.7. The third kappa shape index (κ3) is 3.69. The highest BCUT2D eigenvalue weighted by Gasteiger charge is 2.35. The summed E-state index contributed by atoms with van der Waals surface area (Å²) in [5.74, 6) is -0.0232. The molecule has 1 heterocycles. The Morgan fingerprint density at radius 1 is 1.37 bits per heavy atom. The Hall–Kier alpha value is -1.10. The maximum absolute atomic E-state index is 11.5. The van der Waals surface area contributed by atoms with Crippen LogP contribution in [0.15, 0.2) is 24.3 Å². The topological polar surface area (TPSA) is 58.4 Å². The fourth-order valence-corrected chi connectivity index (χ4v) is 2.71. The fraction of sp³-hybridized carbons (Fsp3) is 0.500. The van der Waals surface area contributed by atoms with Crippen molar-refractivity contribution < 1.29 is 4.79 Å². The van der Waals surface area contributed by atoms with Crippen LogP contribution >= 0.6 is 12.4 Å². The molecule has 1 aliphatic heterocycles. The number of nitrogens with one attached hydrogen (secondary N) is 1. The van der Waals surface area contributed by atoms with Gasteiger partial charge in [-0.2, -0.15) is 0 Å². The molecular weight excluding hydrogens is 262 g/mol. The minimum absolute atomic E-state index is 0. The van der Waals surface area contributed by atoms with Gasteiger partial charge in [0.1, 0.15) is 0 Å². The SMILES string of the molecule is CNCc1ccc([C@H]2CN(C)C[C@@H]2C(N)=O)cc1.Cl. The van der Waals surface area contributed by atoms with Crippen LogP contribution in [0.4, 0.5) is 0 Å². The molecule has 0 spiro atoms. The number of nitrogens with zero attached hydrogens (tertiary/aromatic N) is 1. The van der Waals surface area contributed by atoms with Gasteiger partial charge in [-0.1, -0.05) is 24.3 Å². The van der Waals surface area contributed by atoms with E-state index in [0.29, 0.717) is 0 Å². The van der Waals surface area contributed by atoms with Gasteiger partial charge in [0.05, 0.1) is 5.92 Å².